The van der Waals surface area contributed by atoms with Gasteiger partial charge in [-0.25, -0.2) is 10.3 Å². The summed E-state index contributed by atoms with van der Waals surface area (Å²) in [5.41, 5.74) is 4.25. The Morgan fingerprint density at radius 3 is 2.28 bits per heavy atom. The molecular weight excluding hydrogens is 464 g/mol. The maximum absolute atomic E-state index is 13.0. The number of rotatable bonds is 11. The third-order valence-electron chi connectivity index (χ3n) is 5.59. The standard InChI is InChI=1S/C26H30N4O6/c1-16(2)23(26(34)35)28-24(32)17(3)27-25(33)20-13-30(21-12-8-7-11-19(20)21)14-22(31)29-36-15-18-9-5-4-6-10-18/h4-13,16-17,23H,14-15H2,1-3H3,(H,27,33)(H,28,32)(H,29,31)(H,34,35)/t17-,23-/m0/s1. The highest BCUT2D eigenvalue weighted by molar-refractivity contribution is 6.08. The molecule has 0 spiro atoms. The van der Waals surface area contributed by atoms with Crippen molar-refractivity contribution in [1.29, 1.82) is 0 Å². The quantitative estimate of drug-likeness (QED) is 0.302. The zero-order valence-corrected chi connectivity index (χ0v) is 20.4. The van der Waals surface area contributed by atoms with E-state index in [1.54, 1.807) is 42.7 Å². The van der Waals surface area contributed by atoms with Gasteiger partial charge in [0, 0.05) is 17.1 Å². The second kappa shape index (κ2) is 12.0. The predicted molar refractivity (Wildman–Crippen MR) is 133 cm³/mol. The summed E-state index contributed by atoms with van der Waals surface area (Å²) < 4.78 is 1.62. The van der Waals surface area contributed by atoms with Crippen LogP contribution in [0, 0.1) is 5.92 Å². The van der Waals surface area contributed by atoms with Crippen LogP contribution in [0.15, 0.2) is 60.8 Å². The first-order chi connectivity index (χ1) is 17.2. The molecule has 10 nitrogen and oxygen atoms in total. The molecule has 0 fully saturated rings. The van der Waals surface area contributed by atoms with E-state index >= 15 is 0 Å². The topological polar surface area (TPSA) is 139 Å². The number of aromatic nitrogens is 1. The van der Waals surface area contributed by atoms with Crippen molar-refractivity contribution >= 4 is 34.6 Å². The number of carboxylic acids is 1. The fourth-order valence-corrected chi connectivity index (χ4v) is 3.65. The van der Waals surface area contributed by atoms with Gasteiger partial charge in [0.1, 0.15) is 18.6 Å². The SMILES string of the molecule is CC(C)[C@H](NC(=O)[C@H](C)NC(=O)c1cn(CC(=O)NOCc2ccccc2)c2ccccc12)C(=O)O. The highest BCUT2D eigenvalue weighted by atomic mass is 16.6. The maximum Gasteiger partial charge on any atom is 0.326 e. The highest BCUT2D eigenvalue weighted by Gasteiger charge is 2.27. The maximum atomic E-state index is 13.0. The van der Waals surface area contributed by atoms with Crippen LogP contribution in [-0.2, 0) is 32.4 Å². The van der Waals surface area contributed by atoms with Crippen LogP contribution in [0.4, 0.5) is 0 Å². The minimum absolute atomic E-state index is 0.0900. The van der Waals surface area contributed by atoms with Crippen molar-refractivity contribution in [3.63, 3.8) is 0 Å². The van der Waals surface area contributed by atoms with Gasteiger partial charge in [-0.05, 0) is 24.5 Å². The normalized spacial score (nSPS) is 12.7. The van der Waals surface area contributed by atoms with Crippen LogP contribution in [-0.4, -0.2) is 45.4 Å². The molecule has 3 rings (SSSR count). The van der Waals surface area contributed by atoms with Gasteiger partial charge in [0.05, 0.1) is 12.2 Å². The summed E-state index contributed by atoms with van der Waals surface area (Å²) in [5.74, 6) is -3.01. The van der Waals surface area contributed by atoms with Crippen LogP contribution in [0.5, 0.6) is 0 Å². The third kappa shape index (κ3) is 6.70. The number of aliphatic carboxylic acids is 1. The van der Waals surface area contributed by atoms with Gasteiger partial charge in [-0.2, -0.15) is 0 Å². The molecule has 0 aliphatic heterocycles. The zero-order chi connectivity index (χ0) is 26.2. The molecule has 0 radical (unpaired) electrons. The van der Waals surface area contributed by atoms with Crippen molar-refractivity contribution in [3.8, 4) is 0 Å². The molecular formula is C26H30N4O6. The predicted octanol–water partition coefficient (Wildman–Crippen LogP) is 2.23. The molecule has 2 aromatic carbocycles. The first-order valence-corrected chi connectivity index (χ1v) is 11.5. The lowest BCUT2D eigenvalue weighted by Gasteiger charge is -2.21. The van der Waals surface area contributed by atoms with Gasteiger partial charge in [0.2, 0.25) is 5.91 Å². The molecule has 0 saturated carbocycles. The van der Waals surface area contributed by atoms with Crippen LogP contribution in [0.25, 0.3) is 10.9 Å². The summed E-state index contributed by atoms with van der Waals surface area (Å²) in [6, 6.07) is 14.4. The number of hydrogen-bond acceptors (Lipinski definition) is 5. The van der Waals surface area contributed by atoms with Gasteiger partial charge in [-0.1, -0.05) is 62.4 Å². The molecule has 0 bridgehead atoms. The van der Waals surface area contributed by atoms with E-state index in [2.05, 4.69) is 16.1 Å². The third-order valence-corrected chi connectivity index (χ3v) is 5.59. The highest BCUT2D eigenvalue weighted by Crippen LogP contribution is 2.21. The molecule has 3 aromatic rings. The number of carbonyl (C=O) groups is 4. The van der Waals surface area contributed by atoms with E-state index in [1.807, 2.05) is 30.3 Å². The van der Waals surface area contributed by atoms with E-state index in [-0.39, 0.29) is 24.6 Å². The van der Waals surface area contributed by atoms with Gasteiger partial charge < -0.3 is 20.3 Å². The average Bonchev–Trinajstić information content (AvgIpc) is 3.21. The number of benzene rings is 2. The molecule has 0 aliphatic rings. The van der Waals surface area contributed by atoms with Crippen LogP contribution in [0.2, 0.25) is 0 Å². The minimum Gasteiger partial charge on any atom is -0.480 e. The Balaban J connectivity index is 1.66. The number of carboxylic acid groups (broad SMARTS) is 1. The Morgan fingerprint density at radius 1 is 0.944 bits per heavy atom. The molecule has 10 heteroatoms. The van der Waals surface area contributed by atoms with Gasteiger partial charge in [0.15, 0.2) is 0 Å². The molecule has 0 saturated heterocycles. The van der Waals surface area contributed by atoms with E-state index in [1.165, 1.54) is 13.1 Å². The zero-order valence-electron chi connectivity index (χ0n) is 20.4. The Hall–Kier alpha value is -4.18. The van der Waals surface area contributed by atoms with Crippen molar-refractivity contribution in [2.75, 3.05) is 0 Å². The number of hydroxylamine groups is 1. The van der Waals surface area contributed by atoms with Crippen LogP contribution < -0.4 is 16.1 Å². The van der Waals surface area contributed by atoms with E-state index in [0.717, 1.165) is 5.56 Å². The summed E-state index contributed by atoms with van der Waals surface area (Å²) in [4.78, 5) is 54.6. The number of hydrogen-bond donors (Lipinski definition) is 4. The number of para-hydroxylation sites is 1. The van der Waals surface area contributed by atoms with E-state index in [0.29, 0.717) is 10.9 Å². The summed E-state index contributed by atoms with van der Waals surface area (Å²) in [5, 5.41) is 15.0. The lowest BCUT2D eigenvalue weighted by atomic mass is 10.0. The average molecular weight is 495 g/mol. The van der Waals surface area contributed by atoms with Gasteiger partial charge in [-0.15, -0.1) is 0 Å². The molecule has 2 atom stereocenters. The molecule has 1 heterocycles. The molecule has 0 unspecified atom stereocenters. The summed E-state index contributed by atoms with van der Waals surface area (Å²) in [6.45, 7) is 4.96. The van der Waals surface area contributed by atoms with Crippen molar-refractivity contribution < 1.29 is 29.1 Å². The van der Waals surface area contributed by atoms with Crippen LogP contribution in [0.1, 0.15) is 36.7 Å². The molecule has 190 valence electrons. The number of nitrogens with one attached hydrogen (secondary N) is 3. The lowest BCUT2D eigenvalue weighted by molar-refractivity contribution is -0.143. The molecule has 0 aliphatic carbocycles. The summed E-state index contributed by atoms with van der Waals surface area (Å²) in [7, 11) is 0. The van der Waals surface area contributed by atoms with Gasteiger partial charge in [-0.3, -0.25) is 19.2 Å². The Bertz CT molecular complexity index is 1240. The number of fused-ring (bicyclic) bond motifs is 1. The monoisotopic (exact) mass is 494 g/mol. The summed E-state index contributed by atoms with van der Waals surface area (Å²) >= 11 is 0. The lowest BCUT2D eigenvalue weighted by Crippen LogP contribution is -2.52. The van der Waals surface area contributed by atoms with Gasteiger partial charge >= 0.3 is 5.97 Å². The van der Waals surface area contributed by atoms with Gasteiger partial charge in [0.25, 0.3) is 11.8 Å². The number of carbonyl (C=O) groups excluding carboxylic acids is 3. The van der Waals surface area contributed by atoms with Crippen molar-refractivity contribution in [2.45, 2.75) is 46.0 Å². The molecule has 3 amide bonds. The second-order valence-corrected chi connectivity index (χ2v) is 8.75. The number of nitrogens with zero attached hydrogens (tertiary/aromatic N) is 1. The number of amides is 3. The fourth-order valence-electron chi connectivity index (χ4n) is 3.65. The second-order valence-electron chi connectivity index (χ2n) is 8.75. The first kappa shape index (κ1) is 26.4. The van der Waals surface area contributed by atoms with E-state index in [4.69, 9.17) is 4.84 Å². The Kier molecular flexibility index (Phi) is 8.80. The summed E-state index contributed by atoms with van der Waals surface area (Å²) in [6.07, 6.45) is 1.54. The largest absolute Gasteiger partial charge is 0.480 e. The minimum atomic E-state index is -1.15. The van der Waals surface area contributed by atoms with E-state index in [9.17, 15) is 24.3 Å². The van der Waals surface area contributed by atoms with E-state index < -0.39 is 35.8 Å². The smallest absolute Gasteiger partial charge is 0.326 e. The molecule has 4 N–H and O–H groups in total. The van der Waals surface area contributed by atoms with Crippen molar-refractivity contribution in [1.82, 2.24) is 20.7 Å². The Labute approximate surface area is 208 Å². The van der Waals surface area contributed by atoms with Crippen molar-refractivity contribution in [2.24, 2.45) is 5.92 Å². The van der Waals surface area contributed by atoms with Crippen molar-refractivity contribution in [3.05, 3.63) is 71.9 Å². The molecule has 36 heavy (non-hydrogen) atoms. The van der Waals surface area contributed by atoms with Crippen LogP contribution in [0.3, 0.4) is 0 Å². The molecule has 1 aromatic heterocycles. The van der Waals surface area contributed by atoms with Crippen LogP contribution >= 0.6 is 0 Å². The fraction of sp³-hybridized carbons (Fsp3) is 0.308. The Morgan fingerprint density at radius 2 is 1.61 bits per heavy atom. The first-order valence-electron chi connectivity index (χ1n) is 11.5.